The molecule has 4 aliphatic carbocycles. The lowest BCUT2D eigenvalue weighted by Gasteiger charge is -2.55. The Morgan fingerprint density at radius 1 is 0.920 bits per heavy atom. The number of hydrogen-bond acceptors (Lipinski definition) is 1. The Balaban J connectivity index is 0.00000157. The number of rotatable bonds is 2. The molecule has 2 nitrogen and oxygen atoms in total. The number of hydrogen-bond donors (Lipinski definition) is 0. The van der Waals surface area contributed by atoms with E-state index in [0.717, 1.165) is 24.3 Å². The molecule has 4 fully saturated rings. The van der Waals surface area contributed by atoms with Crippen LogP contribution in [0.1, 0.15) is 55.2 Å². The third kappa shape index (κ3) is 2.72. The maximum Gasteiger partial charge on any atom is 0.240 e. The summed E-state index contributed by atoms with van der Waals surface area (Å²) in [5.74, 6) is 3.09. The second-order valence-electron chi connectivity index (χ2n) is 9.39. The lowest BCUT2D eigenvalue weighted by atomic mass is 9.53. The average molecular weight is 359 g/mol. The van der Waals surface area contributed by atoms with Crippen LogP contribution in [-0.2, 0) is 0 Å². The molecule has 136 valence electrons. The molecule has 0 unspecified atom stereocenters. The Morgan fingerprint density at radius 3 is 1.96 bits per heavy atom. The summed E-state index contributed by atoms with van der Waals surface area (Å²) in [6.45, 7) is 9.14. The fraction of sp³-hybridized carbons (Fsp3) is 0.682. The van der Waals surface area contributed by atoms with E-state index in [1.165, 1.54) is 67.4 Å². The minimum Gasteiger partial charge on any atom is -1.00 e. The molecular weight excluding hydrogens is 328 g/mol. The van der Waals surface area contributed by atoms with E-state index in [1.54, 1.807) is 0 Å². The quantitative estimate of drug-likeness (QED) is 0.725. The highest BCUT2D eigenvalue weighted by molar-refractivity contribution is 5.81. The van der Waals surface area contributed by atoms with Crippen molar-refractivity contribution in [2.24, 2.45) is 17.8 Å². The SMILES string of the molecule is Cc1cc(C)c(N2C=[N+](C34CC5CC(CC(C5)C3)C4)CC2)c(C)c1.[Cl-]. The summed E-state index contributed by atoms with van der Waals surface area (Å²) < 4.78 is 2.77. The molecule has 1 aromatic rings. The lowest BCUT2D eigenvalue weighted by molar-refractivity contribution is -0.614. The van der Waals surface area contributed by atoms with E-state index in [2.05, 4.69) is 48.7 Å². The molecule has 0 aromatic heterocycles. The van der Waals surface area contributed by atoms with Crippen molar-refractivity contribution in [1.82, 2.24) is 0 Å². The van der Waals surface area contributed by atoms with Gasteiger partial charge in [0.2, 0.25) is 6.34 Å². The topological polar surface area (TPSA) is 6.25 Å². The van der Waals surface area contributed by atoms with Crippen LogP contribution in [0.3, 0.4) is 0 Å². The summed E-state index contributed by atoms with van der Waals surface area (Å²) in [6.07, 6.45) is 11.5. The number of halogens is 1. The summed E-state index contributed by atoms with van der Waals surface area (Å²) in [6, 6.07) is 4.67. The summed E-state index contributed by atoms with van der Waals surface area (Å²) in [4.78, 5) is 2.54. The van der Waals surface area contributed by atoms with Crippen LogP contribution in [0.2, 0.25) is 0 Å². The van der Waals surface area contributed by atoms with Gasteiger partial charge in [0.25, 0.3) is 0 Å². The van der Waals surface area contributed by atoms with Gasteiger partial charge in [0.05, 0.1) is 0 Å². The van der Waals surface area contributed by atoms with Crippen molar-refractivity contribution < 1.29 is 17.0 Å². The normalized spacial score (nSPS) is 35.7. The van der Waals surface area contributed by atoms with Crippen LogP contribution in [0.15, 0.2) is 12.1 Å². The van der Waals surface area contributed by atoms with Crippen LogP contribution < -0.4 is 17.3 Å². The van der Waals surface area contributed by atoms with Gasteiger partial charge in [0, 0.05) is 0 Å². The number of anilines is 1. The third-order valence-corrected chi connectivity index (χ3v) is 7.40. The molecule has 0 radical (unpaired) electrons. The molecule has 4 saturated carbocycles. The Bertz CT molecular complexity index is 662. The van der Waals surface area contributed by atoms with Crippen LogP contribution in [-0.4, -0.2) is 29.5 Å². The van der Waals surface area contributed by atoms with Gasteiger partial charge in [-0.1, -0.05) is 17.7 Å². The van der Waals surface area contributed by atoms with Crippen molar-refractivity contribution in [1.29, 1.82) is 0 Å². The maximum absolute atomic E-state index is 2.77. The minimum absolute atomic E-state index is 0. The van der Waals surface area contributed by atoms with Gasteiger partial charge in [-0.2, -0.15) is 0 Å². The van der Waals surface area contributed by atoms with Gasteiger partial charge in [0.15, 0.2) is 0 Å². The maximum atomic E-state index is 2.77. The van der Waals surface area contributed by atoms with Gasteiger partial charge in [0.1, 0.15) is 24.3 Å². The van der Waals surface area contributed by atoms with E-state index in [1.807, 2.05) is 0 Å². The first-order valence-corrected chi connectivity index (χ1v) is 9.99. The van der Waals surface area contributed by atoms with E-state index in [0.29, 0.717) is 5.54 Å². The average Bonchev–Trinajstić information content (AvgIpc) is 2.95. The first kappa shape index (κ1) is 17.4. The van der Waals surface area contributed by atoms with E-state index in [9.17, 15) is 0 Å². The predicted octanol–water partition coefficient (Wildman–Crippen LogP) is 1.45. The van der Waals surface area contributed by atoms with Crippen molar-refractivity contribution >= 4 is 12.0 Å². The molecular formula is C22H31ClN2. The molecule has 6 rings (SSSR count). The highest BCUT2D eigenvalue weighted by Gasteiger charge is 2.55. The van der Waals surface area contributed by atoms with Crippen LogP contribution in [0.25, 0.3) is 0 Å². The Kier molecular flexibility index (Phi) is 4.18. The fourth-order valence-corrected chi connectivity index (χ4v) is 7.07. The Morgan fingerprint density at radius 2 is 1.44 bits per heavy atom. The molecule has 25 heavy (non-hydrogen) atoms. The zero-order valence-corrected chi connectivity index (χ0v) is 16.6. The van der Waals surface area contributed by atoms with Crippen LogP contribution in [0.4, 0.5) is 5.69 Å². The number of benzene rings is 1. The van der Waals surface area contributed by atoms with E-state index in [-0.39, 0.29) is 12.4 Å². The molecule has 0 N–H and O–H groups in total. The van der Waals surface area contributed by atoms with E-state index in [4.69, 9.17) is 0 Å². The number of aryl methyl sites for hydroxylation is 3. The molecule has 0 atom stereocenters. The van der Waals surface area contributed by atoms with Gasteiger partial charge in [-0.25, -0.2) is 4.90 Å². The van der Waals surface area contributed by atoms with Gasteiger partial charge in [-0.15, -0.1) is 0 Å². The van der Waals surface area contributed by atoms with Gasteiger partial charge in [-0.3, -0.25) is 4.58 Å². The third-order valence-electron chi connectivity index (χ3n) is 7.40. The van der Waals surface area contributed by atoms with Crippen LogP contribution in [0, 0.1) is 38.5 Å². The predicted molar refractivity (Wildman–Crippen MR) is 100 cm³/mol. The Hall–Kier alpha value is -1.02. The highest BCUT2D eigenvalue weighted by Crippen LogP contribution is 2.57. The second kappa shape index (κ2) is 6.01. The molecule has 3 heteroatoms. The summed E-state index contributed by atoms with van der Waals surface area (Å²) in [5, 5.41) is 0. The molecule has 0 saturated heterocycles. The minimum atomic E-state index is 0. The van der Waals surface area contributed by atoms with Gasteiger partial charge < -0.3 is 12.4 Å². The Labute approximate surface area is 158 Å². The van der Waals surface area contributed by atoms with E-state index >= 15 is 0 Å². The molecule has 1 heterocycles. The molecule has 1 aromatic carbocycles. The van der Waals surface area contributed by atoms with Crippen molar-refractivity contribution in [3.63, 3.8) is 0 Å². The molecule has 4 bridgehead atoms. The standard InChI is InChI=1S/C22H31N2.ClH/c1-15-6-16(2)21(17(3)7-15)23-4-5-24(14-23)22-11-18-8-19(12-22)10-20(9-18)13-22;/h6-7,14,18-20H,4-5,8-13H2,1-3H3;1H/q+1;/p-1. The van der Waals surface area contributed by atoms with Crippen molar-refractivity contribution in [3.05, 3.63) is 28.8 Å². The monoisotopic (exact) mass is 358 g/mol. The molecule has 1 aliphatic heterocycles. The zero-order chi connectivity index (χ0) is 16.5. The van der Waals surface area contributed by atoms with Gasteiger partial charge in [-0.05, 0) is 88.2 Å². The smallest absolute Gasteiger partial charge is 0.240 e. The van der Waals surface area contributed by atoms with Crippen molar-refractivity contribution in [3.8, 4) is 0 Å². The van der Waals surface area contributed by atoms with Gasteiger partial charge >= 0.3 is 0 Å². The zero-order valence-electron chi connectivity index (χ0n) is 15.9. The largest absolute Gasteiger partial charge is 1.00 e. The summed E-state index contributed by atoms with van der Waals surface area (Å²) in [7, 11) is 0. The fourth-order valence-electron chi connectivity index (χ4n) is 7.07. The first-order chi connectivity index (χ1) is 11.5. The summed E-state index contributed by atoms with van der Waals surface area (Å²) in [5.41, 5.74) is 6.20. The molecule has 0 spiro atoms. The molecule has 0 amide bonds. The summed E-state index contributed by atoms with van der Waals surface area (Å²) >= 11 is 0. The van der Waals surface area contributed by atoms with Crippen molar-refractivity contribution in [2.75, 3.05) is 18.0 Å². The van der Waals surface area contributed by atoms with Crippen molar-refractivity contribution in [2.45, 2.75) is 64.8 Å². The van der Waals surface area contributed by atoms with Crippen LogP contribution in [0.5, 0.6) is 0 Å². The lowest BCUT2D eigenvalue weighted by Crippen LogP contribution is -3.00. The van der Waals surface area contributed by atoms with E-state index < -0.39 is 0 Å². The number of nitrogens with zero attached hydrogens (tertiary/aromatic N) is 2. The first-order valence-electron chi connectivity index (χ1n) is 9.99. The van der Waals surface area contributed by atoms with Crippen LogP contribution >= 0.6 is 0 Å². The molecule has 5 aliphatic rings. The highest BCUT2D eigenvalue weighted by atomic mass is 35.5. The second-order valence-corrected chi connectivity index (χ2v) is 9.39.